The van der Waals surface area contributed by atoms with Crippen molar-refractivity contribution in [2.24, 2.45) is 5.90 Å². The highest BCUT2D eigenvalue weighted by Gasteiger charge is 2.02. The molecule has 0 aliphatic carbocycles. The van der Waals surface area contributed by atoms with E-state index in [1.165, 1.54) is 0 Å². The molecule has 0 spiro atoms. The van der Waals surface area contributed by atoms with Crippen molar-refractivity contribution in [3.8, 4) is 0 Å². The van der Waals surface area contributed by atoms with Gasteiger partial charge in [-0.3, -0.25) is 4.84 Å². The summed E-state index contributed by atoms with van der Waals surface area (Å²) in [6.07, 6.45) is 0. The van der Waals surface area contributed by atoms with Crippen molar-refractivity contribution >= 4 is 22.5 Å². The lowest BCUT2D eigenvalue weighted by atomic mass is 10.2. The molecule has 1 aromatic heterocycles. The molecule has 0 amide bonds. The van der Waals surface area contributed by atoms with Crippen LogP contribution in [-0.2, 0) is 11.4 Å². The summed E-state index contributed by atoms with van der Waals surface area (Å²) >= 11 is 5.98. The van der Waals surface area contributed by atoms with Crippen LogP contribution in [-0.4, -0.2) is 4.98 Å². The summed E-state index contributed by atoms with van der Waals surface area (Å²) in [5.41, 5.74) is 1.92. The maximum absolute atomic E-state index is 5.98. The van der Waals surface area contributed by atoms with Gasteiger partial charge >= 0.3 is 0 Å². The van der Waals surface area contributed by atoms with Gasteiger partial charge in [-0.05, 0) is 18.2 Å². The molecule has 2 rings (SSSR count). The Morgan fingerprint density at radius 3 is 3.00 bits per heavy atom. The standard InChI is InChI=1S/C9H9ClN2O/c10-8-2-1-3-9-7(8)4-6(12-9)5-13-11/h1-4,12H,5,11H2. The van der Waals surface area contributed by atoms with Gasteiger partial charge in [0.25, 0.3) is 0 Å². The molecule has 0 bridgehead atoms. The van der Waals surface area contributed by atoms with Gasteiger partial charge < -0.3 is 4.98 Å². The molecular weight excluding hydrogens is 188 g/mol. The molecule has 3 N–H and O–H groups in total. The van der Waals surface area contributed by atoms with E-state index in [9.17, 15) is 0 Å². The van der Waals surface area contributed by atoms with Crippen LogP contribution in [0.3, 0.4) is 0 Å². The molecule has 1 aromatic carbocycles. The average molecular weight is 197 g/mol. The van der Waals surface area contributed by atoms with Crippen molar-refractivity contribution in [1.29, 1.82) is 0 Å². The highest BCUT2D eigenvalue weighted by Crippen LogP contribution is 2.23. The second-order valence-electron chi connectivity index (χ2n) is 2.81. The van der Waals surface area contributed by atoms with Gasteiger partial charge in [0, 0.05) is 21.6 Å². The normalized spacial score (nSPS) is 10.9. The highest BCUT2D eigenvalue weighted by molar-refractivity contribution is 6.35. The van der Waals surface area contributed by atoms with Crippen molar-refractivity contribution < 1.29 is 4.84 Å². The van der Waals surface area contributed by atoms with Gasteiger partial charge in [0.1, 0.15) is 6.61 Å². The first-order valence-electron chi connectivity index (χ1n) is 3.89. The molecule has 4 heteroatoms. The fourth-order valence-electron chi connectivity index (χ4n) is 1.34. The fourth-order valence-corrected chi connectivity index (χ4v) is 1.57. The molecule has 1 heterocycles. The Morgan fingerprint density at radius 2 is 2.31 bits per heavy atom. The second-order valence-corrected chi connectivity index (χ2v) is 3.21. The summed E-state index contributed by atoms with van der Waals surface area (Å²) in [6, 6.07) is 7.64. The summed E-state index contributed by atoms with van der Waals surface area (Å²) < 4.78 is 0. The van der Waals surface area contributed by atoms with Crippen LogP contribution >= 0.6 is 11.6 Å². The molecule has 68 valence electrons. The minimum Gasteiger partial charge on any atom is -0.356 e. The monoisotopic (exact) mass is 196 g/mol. The van der Waals surface area contributed by atoms with Crippen LogP contribution < -0.4 is 5.90 Å². The number of H-pyrrole nitrogens is 1. The van der Waals surface area contributed by atoms with E-state index >= 15 is 0 Å². The first kappa shape index (κ1) is 8.56. The summed E-state index contributed by atoms with van der Waals surface area (Å²) in [5.74, 6) is 4.97. The summed E-state index contributed by atoms with van der Waals surface area (Å²) in [6.45, 7) is 0.366. The number of rotatable bonds is 2. The van der Waals surface area contributed by atoms with Crippen molar-refractivity contribution in [1.82, 2.24) is 4.98 Å². The third-order valence-electron chi connectivity index (χ3n) is 1.91. The number of benzene rings is 1. The Morgan fingerprint density at radius 1 is 1.46 bits per heavy atom. The van der Waals surface area contributed by atoms with E-state index in [0.717, 1.165) is 21.6 Å². The quantitative estimate of drug-likeness (QED) is 0.724. The van der Waals surface area contributed by atoms with Crippen LogP contribution in [0.2, 0.25) is 5.02 Å². The molecule has 0 saturated carbocycles. The topological polar surface area (TPSA) is 51.0 Å². The highest BCUT2D eigenvalue weighted by atomic mass is 35.5. The van der Waals surface area contributed by atoms with Crippen LogP contribution in [0.15, 0.2) is 24.3 Å². The number of aromatic amines is 1. The van der Waals surface area contributed by atoms with Gasteiger partial charge in [-0.15, -0.1) is 0 Å². The predicted octanol–water partition coefficient (Wildman–Crippen LogP) is 2.21. The Bertz CT molecular complexity index is 424. The zero-order valence-electron chi connectivity index (χ0n) is 6.88. The summed E-state index contributed by atoms with van der Waals surface area (Å²) in [4.78, 5) is 7.67. The molecule has 0 radical (unpaired) electrons. The fraction of sp³-hybridized carbons (Fsp3) is 0.111. The molecule has 3 nitrogen and oxygen atoms in total. The SMILES string of the molecule is NOCc1cc2c(Cl)cccc2[nH]1. The number of hydrogen-bond donors (Lipinski definition) is 2. The summed E-state index contributed by atoms with van der Waals surface area (Å²) in [7, 11) is 0. The van der Waals surface area contributed by atoms with Gasteiger partial charge in [0.05, 0.1) is 0 Å². The predicted molar refractivity (Wildman–Crippen MR) is 52.3 cm³/mol. The van der Waals surface area contributed by atoms with Crippen LogP contribution in [0, 0.1) is 0 Å². The van der Waals surface area contributed by atoms with Gasteiger partial charge in [0.2, 0.25) is 0 Å². The van der Waals surface area contributed by atoms with Crippen LogP contribution in [0.25, 0.3) is 10.9 Å². The lowest BCUT2D eigenvalue weighted by molar-refractivity contribution is 0.122. The zero-order valence-corrected chi connectivity index (χ0v) is 7.64. The Kier molecular flexibility index (Phi) is 2.22. The Hall–Kier alpha value is -1.03. The molecule has 2 aromatic rings. The van der Waals surface area contributed by atoms with Crippen molar-refractivity contribution in [2.75, 3.05) is 0 Å². The van der Waals surface area contributed by atoms with E-state index in [1.807, 2.05) is 24.3 Å². The molecule has 0 unspecified atom stereocenters. The maximum atomic E-state index is 5.98. The largest absolute Gasteiger partial charge is 0.356 e. The lowest BCUT2D eigenvalue weighted by Gasteiger charge is -1.90. The molecule has 13 heavy (non-hydrogen) atoms. The Balaban J connectivity index is 2.55. The van der Waals surface area contributed by atoms with Gasteiger partial charge in [-0.2, -0.15) is 0 Å². The van der Waals surface area contributed by atoms with Gasteiger partial charge in [-0.1, -0.05) is 17.7 Å². The Labute approximate surface area is 80.4 Å². The van der Waals surface area contributed by atoms with Crippen molar-refractivity contribution in [3.05, 3.63) is 35.0 Å². The first-order chi connectivity index (χ1) is 6.31. The number of hydrogen-bond acceptors (Lipinski definition) is 2. The minimum absolute atomic E-state index is 0.366. The number of nitrogens with two attached hydrogens (primary N) is 1. The van der Waals surface area contributed by atoms with Crippen LogP contribution in [0.1, 0.15) is 5.69 Å². The van der Waals surface area contributed by atoms with Gasteiger partial charge in [0.15, 0.2) is 0 Å². The van der Waals surface area contributed by atoms with Crippen LogP contribution in [0.5, 0.6) is 0 Å². The molecule has 0 atom stereocenters. The number of halogens is 1. The third kappa shape index (κ3) is 1.54. The second kappa shape index (κ2) is 3.38. The van der Waals surface area contributed by atoms with E-state index in [0.29, 0.717) is 6.61 Å². The van der Waals surface area contributed by atoms with Gasteiger partial charge in [-0.25, -0.2) is 5.90 Å². The van der Waals surface area contributed by atoms with E-state index in [2.05, 4.69) is 9.82 Å². The van der Waals surface area contributed by atoms with Crippen molar-refractivity contribution in [2.45, 2.75) is 6.61 Å². The third-order valence-corrected chi connectivity index (χ3v) is 2.24. The molecule has 0 aliphatic heterocycles. The van der Waals surface area contributed by atoms with E-state index in [-0.39, 0.29) is 0 Å². The average Bonchev–Trinajstić information content (AvgIpc) is 2.49. The number of nitrogens with one attached hydrogen (secondary N) is 1. The maximum Gasteiger partial charge on any atom is 0.108 e. The van der Waals surface area contributed by atoms with E-state index < -0.39 is 0 Å². The molecule has 0 aliphatic rings. The van der Waals surface area contributed by atoms with Crippen molar-refractivity contribution in [3.63, 3.8) is 0 Å². The molecular formula is C9H9ClN2O. The van der Waals surface area contributed by atoms with E-state index in [1.54, 1.807) is 0 Å². The zero-order chi connectivity index (χ0) is 9.26. The lowest BCUT2D eigenvalue weighted by Crippen LogP contribution is -1.98. The number of fused-ring (bicyclic) bond motifs is 1. The summed E-state index contributed by atoms with van der Waals surface area (Å²) in [5, 5.41) is 1.73. The minimum atomic E-state index is 0.366. The van der Waals surface area contributed by atoms with Crippen LogP contribution in [0.4, 0.5) is 0 Å². The number of aromatic nitrogens is 1. The smallest absolute Gasteiger partial charge is 0.108 e. The molecule has 0 fully saturated rings. The molecule has 0 saturated heterocycles. The van der Waals surface area contributed by atoms with E-state index in [4.69, 9.17) is 17.5 Å². The first-order valence-corrected chi connectivity index (χ1v) is 4.27.